The summed E-state index contributed by atoms with van der Waals surface area (Å²) in [5, 5.41) is 0. The Kier molecular flexibility index (Phi) is 4.68. The molecule has 146 valence electrons. The van der Waals surface area contributed by atoms with Crippen molar-refractivity contribution in [3.63, 3.8) is 0 Å². The number of rotatable bonds is 5. The number of benzene rings is 2. The molecule has 1 saturated carbocycles. The molecule has 1 aliphatic carbocycles. The molecule has 0 N–H and O–H groups in total. The van der Waals surface area contributed by atoms with Crippen molar-refractivity contribution in [1.29, 1.82) is 0 Å². The predicted molar refractivity (Wildman–Crippen MR) is 110 cm³/mol. The van der Waals surface area contributed by atoms with E-state index in [2.05, 4.69) is 15.9 Å². The van der Waals surface area contributed by atoms with Crippen molar-refractivity contribution in [2.75, 3.05) is 13.2 Å². The third-order valence-corrected chi connectivity index (χ3v) is 6.92. The molecule has 5 heteroatoms. The number of hydrogen-bond donors (Lipinski definition) is 0. The first-order valence-corrected chi connectivity index (χ1v) is 10.8. The summed E-state index contributed by atoms with van der Waals surface area (Å²) in [7, 11) is 0. The van der Waals surface area contributed by atoms with Gasteiger partial charge in [0.25, 0.3) is 5.91 Å². The van der Waals surface area contributed by atoms with Gasteiger partial charge in [-0.2, -0.15) is 0 Å². The van der Waals surface area contributed by atoms with Gasteiger partial charge in [-0.05, 0) is 60.9 Å². The predicted octanol–water partition coefficient (Wildman–Crippen LogP) is 4.94. The Morgan fingerprint density at radius 3 is 2.64 bits per heavy atom. The van der Waals surface area contributed by atoms with Crippen LogP contribution in [0.3, 0.4) is 0 Å². The Morgan fingerprint density at radius 2 is 1.93 bits per heavy atom. The van der Waals surface area contributed by atoms with Gasteiger partial charge >= 0.3 is 0 Å². The third kappa shape index (κ3) is 3.35. The van der Waals surface area contributed by atoms with Crippen molar-refractivity contribution in [1.82, 2.24) is 4.90 Å². The van der Waals surface area contributed by atoms with Gasteiger partial charge in [-0.1, -0.05) is 40.2 Å². The molecular weight excluding hydrogens is 418 g/mol. The summed E-state index contributed by atoms with van der Waals surface area (Å²) < 4.78 is 13.4. The summed E-state index contributed by atoms with van der Waals surface area (Å²) in [5.74, 6) is 1.49. The molecule has 1 amide bonds. The lowest BCUT2D eigenvalue weighted by Gasteiger charge is -2.45. The number of nitrogens with zero attached hydrogens (tertiary/aromatic N) is 1. The van der Waals surface area contributed by atoms with E-state index in [1.807, 2.05) is 47.4 Å². The maximum absolute atomic E-state index is 13.1. The molecular formula is C23H24BrNO3. The highest BCUT2D eigenvalue weighted by molar-refractivity contribution is 9.10. The summed E-state index contributed by atoms with van der Waals surface area (Å²) in [6.07, 6.45) is 4.60. The number of carbonyl (C=O) groups is 1. The zero-order valence-electron chi connectivity index (χ0n) is 15.8. The Morgan fingerprint density at radius 1 is 1.14 bits per heavy atom. The lowest BCUT2D eigenvalue weighted by molar-refractivity contribution is -0.159. The minimum absolute atomic E-state index is 0.0549. The van der Waals surface area contributed by atoms with Crippen molar-refractivity contribution < 1.29 is 14.3 Å². The average molecular weight is 442 g/mol. The van der Waals surface area contributed by atoms with Gasteiger partial charge in [-0.3, -0.25) is 4.79 Å². The fourth-order valence-corrected chi connectivity index (χ4v) is 4.91. The highest BCUT2D eigenvalue weighted by Gasteiger charge is 2.42. The molecule has 3 aliphatic heterocycles. The van der Waals surface area contributed by atoms with Gasteiger partial charge in [0.1, 0.15) is 18.0 Å². The molecule has 0 unspecified atom stereocenters. The Bertz CT molecular complexity index is 873. The molecule has 2 saturated heterocycles. The van der Waals surface area contributed by atoms with Gasteiger partial charge in [0.2, 0.25) is 0 Å². The SMILES string of the molecule is O=C1c2c(cccc2OCC23CCC(CC2)CO3)CN1Cc1ccc(Br)cc1. The van der Waals surface area contributed by atoms with Gasteiger partial charge in [-0.15, -0.1) is 0 Å². The highest BCUT2D eigenvalue weighted by Crippen LogP contribution is 2.42. The number of halogens is 1. The van der Waals surface area contributed by atoms with E-state index in [1.54, 1.807) is 0 Å². The molecule has 3 fully saturated rings. The molecule has 28 heavy (non-hydrogen) atoms. The van der Waals surface area contributed by atoms with Crippen molar-refractivity contribution in [3.8, 4) is 5.75 Å². The summed E-state index contributed by atoms with van der Waals surface area (Å²) in [6, 6.07) is 14.1. The van der Waals surface area contributed by atoms with E-state index < -0.39 is 0 Å². The number of amides is 1. The Balaban J connectivity index is 1.31. The van der Waals surface area contributed by atoms with E-state index in [0.29, 0.717) is 25.4 Å². The van der Waals surface area contributed by atoms with Crippen molar-refractivity contribution in [2.24, 2.45) is 5.92 Å². The second kappa shape index (κ2) is 7.20. The molecule has 3 heterocycles. The summed E-state index contributed by atoms with van der Waals surface area (Å²) in [5.41, 5.74) is 2.74. The largest absolute Gasteiger partial charge is 0.490 e. The van der Waals surface area contributed by atoms with Crippen molar-refractivity contribution in [2.45, 2.75) is 44.4 Å². The minimum atomic E-state index is -0.157. The van der Waals surface area contributed by atoms with Gasteiger partial charge < -0.3 is 14.4 Å². The van der Waals surface area contributed by atoms with Crippen LogP contribution in [-0.4, -0.2) is 29.6 Å². The Hall–Kier alpha value is -1.85. The van der Waals surface area contributed by atoms with Gasteiger partial charge in [0.05, 0.1) is 12.2 Å². The van der Waals surface area contributed by atoms with E-state index >= 15 is 0 Å². The molecule has 2 bridgehead atoms. The molecule has 6 rings (SSSR count). The standard InChI is InChI=1S/C23H24BrNO3/c24-19-6-4-16(5-7-19)12-25-13-18-2-1-3-20(21(18)22(25)26)27-15-23-10-8-17(9-11-23)14-28-23/h1-7,17H,8-15H2. The summed E-state index contributed by atoms with van der Waals surface area (Å²) in [4.78, 5) is 15.0. The van der Waals surface area contributed by atoms with E-state index in [9.17, 15) is 4.79 Å². The molecule has 2 aromatic carbocycles. The molecule has 4 aliphatic rings. The first-order valence-electron chi connectivity index (χ1n) is 10.0. The van der Waals surface area contributed by atoms with Crippen LogP contribution in [-0.2, 0) is 17.8 Å². The van der Waals surface area contributed by atoms with E-state index in [-0.39, 0.29) is 11.5 Å². The molecule has 0 aromatic heterocycles. The van der Waals surface area contributed by atoms with Crippen LogP contribution in [0.5, 0.6) is 5.75 Å². The van der Waals surface area contributed by atoms with E-state index in [1.165, 1.54) is 12.8 Å². The van der Waals surface area contributed by atoms with Crippen LogP contribution in [0, 0.1) is 5.92 Å². The molecule has 0 radical (unpaired) electrons. The van der Waals surface area contributed by atoms with Crippen LogP contribution in [0.4, 0.5) is 0 Å². The van der Waals surface area contributed by atoms with Crippen LogP contribution in [0.15, 0.2) is 46.9 Å². The minimum Gasteiger partial charge on any atom is -0.490 e. The summed E-state index contributed by atoms with van der Waals surface area (Å²) in [6.45, 7) is 2.63. The average Bonchev–Trinajstić information content (AvgIpc) is 3.06. The monoisotopic (exact) mass is 441 g/mol. The second-order valence-electron chi connectivity index (χ2n) is 8.30. The van der Waals surface area contributed by atoms with Gasteiger partial charge in [0, 0.05) is 17.6 Å². The molecule has 2 aromatic rings. The lowest BCUT2D eigenvalue weighted by Crippen LogP contribution is -2.49. The molecule has 4 nitrogen and oxygen atoms in total. The van der Waals surface area contributed by atoms with Gasteiger partial charge in [-0.25, -0.2) is 0 Å². The first kappa shape index (κ1) is 18.2. The quantitative estimate of drug-likeness (QED) is 0.659. The van der Waals surface area contributed by atoms with Crippen LogP contribution in [0.2, 0.25) is 0 Å². The lowest BCUT2D eigenvalue weighted by atomic mass is 9.76. The number of ether oxygens (including phenoxy) is 2. The first-order chi connectivity index (χ1) is 13.6. The van der Waals surface area contributed by atoms with Crippen molar-refractivity contribution in [3.05, 3.63) is 63.6 Å². The van der Waals surface area contributed by atoms with E-state index in [0.717, 1.165) is 46.5 Å². The maximum Gasteiger partial charge on any atom is 0.258 e. The molecule has 0 atom stereocenters. The highest BCUT2D eigenvalue weighted by atomic mass is 79.9. The second-order valence-corrected chi connectivity index (χ2v) is 9.22. The van der Waals surface area contributed by atoms with Crippen LogP contribution in [0.25, 0.3) is 0 Å². The number of carbonyl (C=O) groups excluding carboxylic acids is 1. The third-order valence-electron chi connectivity index (χ3n) is 6.39. The zero-order chi connectivity index (χ0) is 19.1. The smallest absolute Gasteiger partial charge is 0.258 e. The number of fused-ring (bicyclic) bond motifs is 4. The fraction of sp³-hybridized carbons (Fsp3) is 0.435. The van der Waals surface area contributed by atoms with Crippen LogP contribution < -0.4 is 4.74 Å². The normalized spacial score (nSPS) is 25.8. The maximum atomic E-state index is 13.1. The zero-order valence-corrected chi connectivity index (χ0v) is 17.4. The van der Waals surface area contributed by atoms with Crippen molar-refractivity contribution >= 4 is 21.8 Å². The van der Waals surface area contributed by atoms with Gasteiger partial charge in [0.15, 0.2) is 0 Å². The van der Waals surface area contributed by atoms with E-state index in [4.69, 9.17) is 9.47 Å². The summed E-state index contributed by atoms with van der Waals surface area (Å²) >= 11 is 3.46. The topological polar surface area (TPSA) is 38.8 Å². The molecule has 0 spiro atoms. The Labute approximate surface area is 174 Å². The van der Waals surface area contributed by atoms with Crippen LogP contribution in [0.1, 0.15) is 47.2 Å². The number of hydrogen-bond acceptors (Lipinski definition) is 3. The van der Waals surface area contributed by atoms with Crippen LogP contribution >= 0.6 is 15.9 Å². The fourth-order valence-electron chi connectivity index (χ4n) is 4.65.